The Morgan fingerprint density at radius 3 is 2.73 bits per heavy atom. The summed E-state index contributed by atoms with van der Waals surface area (Å²) in [6.45, 7) is 10.4. The van der Waals surface area contributed by atoms with E-state index in [1.54, 1.807) is 11.3 Å². The lowest BCUT2D eigenvalue weighted by Crippen LogP contribution is -2.22. The molecule has 0 aromatic carbocycles. The molecule has 0 spiro atoms. The number of rotatable bonds is 8. The molecule has 6 nitrogen and oxygen atoms in total. The monoisotopic (exact) mass is 437 g/mol. The van der Waals surface area contributed by atoms with Crippen molar-refractivity contribution in [3.05, 3.63) is 58.6 Å². The smallest absolute Gasteiger partial charge is 0.175 e. The number of aryl methyl sites for hydroxylation is 1. The molecule has 0 radical (unpaired) electrons. The fraction of sp³-hybridized carbons (Fsp3) is 0.318. The summed E-state index contributed by atoms with van der Waals surface area (Å²) in [4.78, 5) is 9.40. The highest BCUT2D eigenvalue weighted by Gasteiger charge is 2.13. The van der Waals surface area contributed by atoms with Gasteiger partial charge in [-0.15, -0.1) is 5.10 Å². The van der Waals surface area contributed by atoms with E-state index in [0.717, 1.165) is 41.1 Å². The van der Waals surface area contributed by atoms with Crippen LogP contribution in [0, 0.1) is 6.92 Å². The van der Waals surface area contributed by atoms with Crippen LogP contribution in [0.3, 0.4) is 0 Å². The van der Waals surface area contributed by atoms with E-state index < -0.39 is 8.07 Å². The number of pyridine rings is 1. The molecule has 4 heterocycles. The molecule has 0 aliphatic rings. The Morgan fingerprint density at radius 2 is 2.00 bits per heavy atom. The molecule has 0 aliphatic heterocycles. The van der Waals surface area contributed by atoms with Crippen LogP contribution in [0.25, 0.3) is 29.1 Å². The van der Waals surface area contributed by atoms with Crippen molar-refractivity contribution in [2.24, 2.45) is 0 Å². The maximum atomic E-state index is 5.97. The van der Waals surface area contributed by atoms with Crippen LogP contribution in [-0.2, 0) is 11.5 Å². The van der Waals surface area contributed by atoms with Gasteiger partial charge in [0.05, 0.1) is 5.69 Å². The third-order valence-corrected chi connectivity index (χ3v) is 7.19. The molecule has 0 fully saturated rings. The van der Waals surface area contributed by atoms with Gasteiger partial charge in [-0.25, -0.2) is 14.5 Å². The average Bonchev–Trinajstić information content (AvgIpc) is 3.42. The molecule has 8 heteroatoms. The summed E-state index contributed by atoms with van der Waals surface area (Å²) in [5.41, 5.74) is 3.96. The summed E-state index contributed by atoms with van der Waals surface area (Å²) in [6.07, 6.45) is 5.92. The van der Waals surface area contributed by atoms with E-state index in [1.165, 1.54) is 0 Å². The van der Waals surface area contributed by atoms with Crippen LogP contribution < -0.4 is 0 Å². The number of thiophene rings is 1. The number of aromatic nitrogens is 5. The summed E-state index contributed by atoms with van der Waals surface area (Å²) in [5, 5.41) is 8.75. The van der Waals surface area contributed by atoms with Crippen molar-refractivity contribution >= 4 is 37.2 Å². The van der Waals surface area contributed by atoms with Crippen LogP contribution in [0.1, 0.15) is 17.3 Å². The van der Waals surface area contributed by atoms with Crippen molar-refractivity contribution in [2.45, 2.75) is 39.3 Å². The first-order valence-corrected chi connectivity index (χ1v) is 14.7. The van der Waals surface area contributed by atoms with Crippen molar-refractivity contribution in [3.63, 3.8) is 0 Å². The molecule has 4 rings (SSSR count). The molecule has 0 saturated carbocycles. The van der Waals surface area contributed by atoms with Gasteiger partial charge in [-0.05, 0) is 48.7 Å². The second kappa shape index (κ2) is 8.67. The summed E-state index contributed by atoms with van der Waals surface area (Å²) in [7, 11) is -1.11. The van der Waals surface area contributed by atoms with Crippen LogP contribution in [0.4, 0.5) is 0 Å². The Kier molecular flexibility index (Phi) is 5.98. The number of hydrogen-bond donors (Lipinski definition) is 0. The van der Waals surface area contributed by atoms with Gasteiger partial charge in [-0.1, -0.05) is 25.7 Å². The quantitative estimate of drug-likeness (QED) is 0.272. The lowest BCUT2D eigenvalue weighted by atomic mass is 10.3. The highest BCUT2D eigenvalue weighted by Crippen LogP contribution is 2.22. The lowest BCUT2D eigenvalue weighted by Gasteiger charge is -2.15. The van der Waals surface area contributed by atoms with E-state index in [4.69, 9.17) is 9.72 Å². The first kappa shape index (κ1) is 20.7. The predicted octanol–water partition coefficient (Wildman–Crippen LogP) is 5.45. The SMILES string of the molecule is Cc1cccc2nc(/C=C/c3nc(-c4ccsc4)cn3COCC[Si](C)(C)C)nn12. The van der Waals surface area contributed by atoms with Crippen molar-refractivity contribution in [3.8, 4) is 11.3 Å². The van der Waals surface area contributed by atoms with Crippen LogP contribution in [0.2, 0.25) is 25.7 Å². The summed E-state index contributed by atoms with van der Waals surface area (Å²) in [5.74, 6) is 1.50. The molecule has 0 unspecified atom stereocenters. The lowest BCUT2D eigenvalue weighted by molar-refractivity contribution is 0.0867. The average molecular weight is 438 g/mol. The molecule has 4 aromatic heterocycles. The standard InChI is InChI=1S/C22H27N5OSSi/c1-17-6-5-7-22-24-20(25-27(17)22)8-9-21-23-19(18-10-12-29-15-18)14-26(21)16-28-11-13-30(2,3)4/h5-10,12,14-15H,11,13,16H2,1-4H3/b9-8+. The topological polar surface area (TPSA) is 57.2 Å². The second-order valence-corrected chi connectivity index (χ2v) is 15.0. The number of imidazole rings is 1. The Labute approximate surface area is 181 Å². The van der Waals surface area contributed by atoms with Gasteiger partial charge in [0.2, 0.25) is 0 Å². The highest BCUT2D eigenvalue weighted by atomic mass is 32.1. The molecule has 0 saturated heterocycles. The van der Waals surface area contributed by atoms with Crippen molar-refractivity contribution < 1.29 is 4.74 Å². The zero-order valence-electron chi connectivity index (χ0n) is 17.9. The van der Waals surface area contributed by atoms with Gasteiger partial charge in [0.15, 0.2) is 11.5 Å². The highest BCUT2D eigenvalue weighted by molar-refractivity contribution is 7.08. The first-order chi connectivity index (χ1) is 14.4. The molecule has 0 amide bonds. The fourth-order valence-electron chi connectivity index (χ4n) is 3.03. The fourth-order valence-corrected chi connectivity index (χ4v) is 4.44. The van der Waals surface area contributed by atoms with E-state index in [0.29, 0.717) is 12.6 Å². The van der Waals surface area contributed by atoms with E-state index in [1.807, 2.05) is 41.8 Å². The minimum Gasteiger partial charge on any atom is -0.361 e. The van der Waals surface area contributed by atoms with Crippen LogP contribution in [0.15, 0.2) is 41.2 Å². The molecule has 0 atom stereocenters. The van der Waals surface area contributed by atoms with Gasteiger partial charge in [0, 0.05) is 37.5 Å². The molecular formula is C22H27N5OSSi. The van der Waals surface area contributed by atoms with Gasteiger partial charge in [0.25, 0.3) is 0 Å². The number of fused-ring (bicyclic) bond motifs is 1. The van der Waals surface area contributed by atoms with Crippen LogP contribution >= 0.6 is 11.3 Å². The Hall–Kier alpha value is -2.55. The number of hydrogen-bond acceptors (Lipinski definition) is 5. The van der Waals surface area contributed by atoms with Gasteiger partial charge in [-0.2, -0.15) is 11.3 Å². The number of ether oxygens (including phenoxy) is 1. The minimum absolute atomic E-state index is 0.485. The van der Waals surface area contributed by atoms with E-state index >= 15 is 0 Å². The molecule has 0 aliphatic carbocycles. The van der Waals surface area contributed by atoms with E-state index in [9.17, 15) is 0 Å². The molecule has 30 heavy (non-hydrogen) atoms. The molecule has 4 aromatic rings. The van der Waals surface area contributed by atoms with Crippen molar-refractivity contribution in [1.29, 1.82) is 0 Å². The van der Waals surface area contributed by atoms with Gasteiger partial charge >= 0.3 is 0 Å². The first-order valence-electron chi connectivity index (χ1n) is 10.1. The van der Waals surface area contributed by atoms with Crippen LogP contribution in [0.5, 0.6) is 0 Å². The summed E-state index contributed by atoms with van der Waals surface area (Å²) >= 11 is 1.67. The molecule has 0 bridgehead atoms. The third kappa shape index (κ3) is 4.95. The van der Waals surface area contributed by atoms with E-state index in [2.05, 4.69) is 57.3 Å². The normalized spacial score (nSPS) is 12.4. The van der Waals surface area contributed by atoms with Crippen molar-refractivity contribution in [2.75, 3.05) is 6.61 Å². The minimum atomic E-state index is -1.11. The van der Waals surface area contributed by atoms with Crippen LogP contribution in [-0.4, -0.2) is 38.8 Å². The van der Waals surface area contributed by atoms with E-state index in [-0.39, 0.29) is 0 Å². The van der Waals surface area contributed by atoms with Gasteiger partial charge in [0.1, 0.15) is 12.6 Å². The zero-order chi connectivity index (χ0) is 21.1. The Balaban J connectivity index is 1.56. The largest absolute Gasteiger partial charge is 0.361 e. The second-order valence-electron chi connectivity index (χ2n) is 8.55. The van der Waals surface area contributed by atoms with Gasteiger partial charge < -0.3 is 9.30 Å². The Bertz CT molecular complexity index is 1150. The molecule has 0 N–H and O–H groups in total. The summed E-state index contributed by atoms with van der Waals surface area (Å²) in [6, 6.07) is 9.20. The third-order valence-electron chi connectivity index (χ3n) is 4.80. The zero-order valence-corrected chi connectivity index (χ0v) is 19.7. The number of nitrogens with zero attached hydrogens (tertiary/aromatic N) is 5. The summed E-state index contributed by atoms with van der Waals surface area (Å²) < 4.78 is 9.87. The Morgan fingerprint density at radius 1 is 1.13 bits per heavy atom. The molecule has 156 valence electrons. The molecular weight excluding hydrogens is 410 g/mol. The van der Waals surface area contributed by atoms with Crippen molar-refractivity contribution in [1.82, 2.24) is 24.1 Å². The maximum Gasteiger partial charge on any atom is 0.175 e. The maximum absolute atomic E-state index is 5.97. The predicted molar refractivity (Wildman–Crippen MR) is 126 cm³/mol. The van der Waals surface area contributed by atoms with Gasteiger partial charge in [-0.3, -0.25) is 0 Å².